The maximum atomic E-state index is 12.3. The van der Waals surface area contributed by atoms with E-state index >= 15 is 0 Å². The zero-order valence-electron chi connectivity index (χ0n) is 13.7. The van der Waals surface area contributed by atoms with E-state index in [0.717, 1.165) is 47.2 Å². The summed E-state index contributed by atoms with van der Waals surface area (Å²) in [4.78, 5) is 24.7. The lowest BCUT2D eigenvalue weighted by molar-refractivity contribution is 0.0935. The number of piperidine rings is 1. The molecule has 0 atom stereocenters. The number of aryl methyl sites for hydroxylation is 1. The lowest BCUT2D eigenvalue weighted by atomic mass is 10.0. The molecule has 1 amide bonds. The second-order valence-corrected chi connectivity index (χ2v) is 7.40. The van der Waals surface area contributed by atoms with Gasteiger partial charge in [0.25, 0.3) is 5.91 Å². The minimum Gasteiger partial charge on any atom is -0.383 e. The third-order valence-electron chi connectivity index (χ3n) is 4.12. The van der Waals surface area contributed by atoms with Crippen LogP contribution in [0.15, 0.2) is 18.5 Å². The first-order chi connectivity index (χ1) is 11.6. The van der Waals surface area contributed by atoms with E-state index in [9.17, 15) is 4.79 Å². The highest BCUT2D eigenvalue weighted by Gasteiger charge is 2.24. The van der Waals surface area contributed by atoms with Gasteiger partial charge >= 0.3 is 0 Å². The van der Waals surface area contributed by atoms with Crippen molar-refractivity contribution in [3.63, 3.8) is 0 Å². The fraction of sp³-hybridized carbons (Fsp3) is 0.438. The van der Waals surface area contributed by atoms with Gasteiger partial charge < -0.3 is 15.5 Å². The fourth-order valence-corrected chi connectivity index (χ4v) is 3.85. The summed E-state index contributed by atoms with van der Waals surface area (Å²) in [6, 6.07) is 4.04. The number of hydrogen-bond acceptors (Lipinski definition) is 6. The molecule has 24 heavy (non-hydrogen) atoms. The number of thiophene rings is 1. The smallest absolute Gasteiger partial charge is 0.261 e. The number of nitrogens with zero attached hydrogens (tertiary/aromatic N) is 3. The van der Waals surface area contributed by atoms with Crippen LogP contribution >= 0.6 is 22.9 Å². The van der Waals surface area contributed by atoms with Gasteiger partial charge in [0.1, 0.15) is 12.0 Å². The first kappa shape index (κ1) is 17.0. The van der Waals surface area contributed by atoms with Crippen LogP contribution in [0.1, 0.15) is 27.4 Å². The van der Waals surface area contributed by atoms with Gasteiger partial charge in [0.05, 0.1) is 4.88 Å². The summed E-state index contributed by atoms with van der Waals surface area (Å²) in [5, 5.41) is 6.61. The molecule has 0 radical (unpaired) electrons. The van der Waals surface area contributed by atoms with Gasteiger partial charge in [-0.25, -0.2) is 9.97 Å². The number of aromatic nitrogens is 2. The van der Waals surface area contributed by atoms with E-state index in [0.29, 0.717) is 5.15 Å². The summed E-state index contributed by atoms with van der Waals surface area (Å²) in [6.07, 6.45) is 3.23. The van der Waals surface area contributed by atoms with E-state index < -0.39 is 0 Å². The molecule has 0 aliphatic carbocycles. The number of rotatable bonds is 4. The van der Waals surface area contributed by atoms with Crippen LogP contribution in [0.5, 0.6) is 0 Å². The van der Waals surface area contributed by atoms with Crippen LogP contribution < -0.4 is 15.5 Å². The molecule has 6 nitrogen and oxygen atoms in total. The third kappa shape index (κ3) is 3.62. The summed E-state index contributed by atoms with van der Waals surface area (Å²) < 4.78 is 0. The Bertz CT molecular complexity index is 727. The molecule has 1 aliphatic rings. The Morgan fingerprint density at radius 3 is 2.71 bits per heavy atom. The summed E-state index contributed by atoms with van der Waals surface area (Å²) in [5.74, 6) is 0.837. The Morgan fingerprint density at radius 2 is 2.08 bits per heavy atom. The molecule has 0 spiro atoms. The van der Waals surface area contributed by atoms with Crippen LogP contribution in [0.25, 0.3) is 0 Å². The van der Waals surface area contributed by atoms with Crippen LogP contribution in [0.3, 0.4) is 0 Å². The quantitative estimate of drug-likeness (QED) is 0.815. The van der Waals surface area contributed by atoms with Crippen molar-refractivity contribution < 1.29 is 4.79 Å². The molecular weight excluding hydrogens is 346 g/mol. The van der Waals surface area contributed by atoms with E-state index in [1.807, 2.05) is 26.1 Å². The van der Waals surface area contributed by atoms with Crippen molar-refractivity contribution >= 4 is 40.4 Å². The molecule has 3 heterocycles. The van der Waals surface area contributed by atoms with Crippen LogP contribution in [-0.2, 0) is 0 Å². The Morgan fingerprint density at radius 1 is 1.33 bits per heavy atom. The van der Waals surface area contributed by atoms with Gasteiger partial charge in [0, 0.05) is 31.1 Å². The van der Waals surface area contributed by atoms with Crippen LogP contribution in [0.4, 0.5) is 11.5 Å². The zero-order valence-corrected chi connectivity index (χ0v) is 15.2. The molecule has 1 aliphatic heterocycles. The summed E-state index contributed by atoms with van der Waals surface area (Å²) in [6.45, 7) is 3.64. The van der Waals surface area contributed by atoms with Gasteiger partial charge in [-0.1, -0.05) is 11.6 Å². The molecule has 0 saturated carbocycles. The van der Waals surface area contributed by atoms with E-state index in [1.54, 1.807) is 0 Å². The van der Waals surface area contributed by atoms with Crippen LogP contribution in [0.2, 0.25) is 5.15 Å². The lowest BCUT2D eigenvalue weighted by Gasteiger charge is -2.34. The minimum absolute atomic E-state index is 0.0209. The highest BCUT2D eigenvalue weighted by Crippen LogP contribution is 2.30. The number of anilines is 2. The number of carbonyl (C=O) groups is 1. The molecular formula is C16H20ClN5OS. The van der Waals surface area contributed by atoms with E-state index in [1.165, 1.54) is 17.7 Å². The standard InChI is InChI=1S/C16H20ClN5OS/c1-10-3-4-12(24-10)16(23)21-11-5-7-22(8-6-11)15-13(18-2)14(17)19-9-20-15/h3-4,9,11,18H,5-8H2,1-2H3,(H,21,23). The monoisotopic (exact) mass is 365 g/mol. The molecule has 0 aromatic carbocycles. The van der Waals surface area contributed by atoms with Gasteiger partial charge in [-0.2, -0.15) is 0 Å². The summed E-state index contributed by atoms with van der Waals surface area (Å²) in [5.41, 5.74) is 0.746. The summed E-state index contributed by atoms with van der Waals surface area (Å²) in [7, 11) is 1.81. The third-order valence-corrected chi connectivity index (χ3v) is 5.41. The largest absolute Gasteiger partial charge is 0.383 e. The zero-order chi connectivity index (χ0) is 17.1. The topological polar surface area (TPSA) is 70.2 Å². The number of halogens is 1. The van der Waals surface area contributed by atoms with Crippen LogP contribution in [0, 0.1) is 6.92 Å². The van der Waals surface area contributed by atoms with Gasteiger partial charge in [0.15, 0.2) is 11.0 Å². The average Bonchev–Trinajstić information content (AvgIpc) is 3.02. The van der Waals surface area contributed by atoms with Crippen molar-refractivity contribution in [2.45, 2.75) is 25.8 Å². The Labute approximate surface area is 150 Å². The molecule has 0 bridgehead atoms. The molecule has 1 fully saturated rings. The number of nitrogens with one attached hydrogen (secondary N) is 2. The first-order valence-corrected chi connectivity index (χ1v) is 9.08. The number of carbonyl (C=O) groups excluding carboxylic acids is 1. The normalized spacial score (nSPS) is 15.4. The summed E-state index contributed by atoms with van der Waals surface area (Å²) >= 11 is 7.65. The molecule has 2 N–H and O–H groups in total. The van der Waals surface area contributed by atoms with E-state index in [2.05, 4.69) is 25.5 Å². The molecule has 128 valence electrons. The number of hydrogen-bond donors (Lipinski definition) is 2. The highest BCUT2D eigenvalue weighted by molar-refractivity contribution is 7.13. The SMILES string of the molecule is CNc1c(Cl)ncnc1N1CCC(NC(=O)c2ccc(C)s2)CC1. The number of amides is 1. The maximum absolute atomic E-state index is 12.3. The van der Waals surface area contributed by atoms with Crippen molar-refractivity contribution in [1.29, 1.82) is 0 Å². The predicted molar refractivity (Wildman–Crippen MR) is 98.3 cm³/mol. The Kier molecular flexibility index (Phi) is 5.20. The maximum Gasteiger partial charge on any atom is 0.261 e. The van der Waals surface area contributed by atoms with Gasteiger partial charge in [-0.3, -0.25) is 4.79 Å². The first-order valence-electron chi connectivity index (χ1n) is 7.89. The predicted octanol–water partition coefficient (Wildman–Crippen LogP) is 2.94. The van der Waals surface area contributed by atoms with Crippen molar-refractivity contribution in [1.82, 2.24) is 15.3 Å². The average molecular weight is 366 g/mol. The van der Waals surface area contributed by atoms with Gasteiger partial charge in [0.2, 0.25) is 0 Å². The van der Waals surface area contributed by atoms with Crippen molar-refractivity contribution in [3.8, 4) is 0 Å². The van der Waals surface area contributed by atoms with Crippen molar-refractivity contribution in [2.75, 3.05) is 30.4 Å². The molecule has 2 aromatic rings. The van der Waals surface area contributed by atoms with E-state index in [4.69, 9.17) is 11.6 Å². The second-order valence-electron chi connectivity index (χ2n) is 5.76. The van der Waals surface area contributed by atoms with Gasteiger partial charge in [-0.05, 0) is 31.9 Å². The second kappa shape index (κ2) is 7.36. The van der Waals surface area contributed by atoms with Crippen LogP contribution in [-0.4, -0.2) is 42.1 Å². The molecule has 3 rings (SSSR count). The molecule has 2 aromatic heterocycles. The molecule has 0 unspecified atom stereocenters. The van der Waals surface area contributed by atoms with E-state index in [-0.39, 0.29) is 11.9 Å². The van der Waals surface area contributed by atoms with Gasteiger partial charge in [-0.15, -0.1) is 11.3 Å². The fourth-order valence-electron chi connectivity index (χ4n) is 2.86. The highest BCUT2D eigenvalue weighted by atomic mass is 35.5. The van der Waals surface area contributed by atoms with Crippen molar-refractivity contribution in [3.05, 3.63) is 33.4 Å². The van der Waals surface area contributed by atoms with Crippen molar-refractivity contribution in [2.24, 2.45) is 0 Å². The lowest BCUT2D eigenvalue weighted by Crippen LogP contribution is -2.45. The molecule has 1 saturated heterocycles. The minimum atomic E-state index is 0.0209. The Balaban J connectivity index is 1.60. The molecule has 8 heteroatoms. The Hall–Kier alpha value is -1.86.